The van der Waals surface area contributed by atoms with Gasteiger partial charge >= 0.3 is 5.97 Å². The van der Waals surface area contributed by atoms with E-state index in [2.05, 4.69) is 0 Å². The molecule has 0 saturated heterocycles. The lowest BCUT2D eigenvalue weighted by atomic mass is 9.81. The van der Waals surface area contributed by atoms with Crippen LogP contribution in [0.3, 0.4) is 0 Å². The van der Waals surface area contributed by atoms with E-state index in [0.717, 1.165) is 19.3 Å². The lowest BCUT2D eigenvalue weighted by Crippen LogP contribution is -2.48. The van der Waals surface area contributed by atoms with Crippen molar-refractivity contribution < 1.29 is 9.90 Å². The number of nitrogens with zero attached hydrogens (tertiary/aromatic N) is 1. The second-order valence-electron chi connectivity index (χ2n) is 4.31. The van der Waals surface area contributed by atoms with Gasteiger partial charge in [-0.05, 0) is 18.9 Å². The van der Waals surface area contributed by atoms with E-state index in [-0.39, 0.29) is 5.56 Å². The van der Waals surface area contributed by atoms with Crippen molar-refractivity contribution in [3.63, 3.8) is 0 Å². The number of aromatic nitrogens is 1. The minimum Gasteiger partial charge on any atom is -0.479 e. The highest BCUT2D eigenvalue weighted by atomic mass is 16.4. The molecule has 0 spiro atoms. The largest absolute Gasteiger partial charge is 0.479 e. The van der Waals surface area contributed by atoms with Crippen LogP contribution >= 0.6 is 0 Å². The van der Waals surface area contributed by atoms with Crippen molar-refractivity contribution in [2.75, 3.05) is 0 Å². The Morgan fingerprint density at radius 1 is 1.25 bits per heavy atom. The second kappa shape index (κ2) is 4.12. The summed E-state index contributed by atoms with van der Waals surface area (Å²) in [5.41, 5.74) is -1.25. The molecule has 1 aromatic rings. The fraction of sp³-hybridized carbons (Fsp3) is 0.500. The van der Waals surface area contributed by atoms with Gasteiger partial charge in [0.25, 0.3) is 5.56 Å². The molecule has 0 atom stereocenters. The Morgan fingerprint density at radius 2 is 1.94 bits per heavy atom. The van der Waals surface area contributed by atoms with Crippen LogP contribution in [0.1, 0.15) is 32.1 Å². The summed E-state index contributed by atoms with van der Waals surface area (Å²) in [5.74, 6) is -0.888. The number of hydrogen-bond donors (Lipinski definition) is 1. The maximum absolute atomic E-state index is 11.7. The monoisotopic (exact) mass is 221 g/mol. The highest BCUT2D eigenvalue weighted by Gasteiger charge is 2.41. The topological polar surface area (TPSA) is 59.3 Å². The number of carboxylic acid groups (broad SMARTS) is 1. The third kappa shape index (κ3) is 1.64. The summed E-state index contributed by atoms with van der Waals surface area (Å²) in [4.78, 5) is 23.2. The average Bonchev–Trinajstić information content (AvgIpc) is 2.30. The van der Waals surface area contributed by atoms with Crippen molar-refractivity contribution in [1.29, 1.82) is 0 Å². The molecule has 0 aromatic carbocycles. The van der Waals surface area contributed by atoms with Crippen LogP contribution in [-0.4, -0.2) is 15.6 Å². The van der Waals surface area contributed by atoms with Gasteiger partial charge in [-0.2, -0.15) is 0 Å². The van der Waals surface area contributed by atoms with Crippen LogP contribution in [-0.2, 0) is 10.3 Å². The fourth-order valence-electron chi connectivity index (χ4n) is 2.48. The summed E-state index contributed by atoms with van der Waals surface area (Å²) in [6, 6.07) is 4.76. The van der Waals surface area contributed by atoms with Gasteiger partial charge in [-0.15, -0.1) is 0 Å². The SMILES string of the molecule is O=C(O)C1(n2ccccc2=O)CCCCC1. The van der Waals surface area contributed by atoms with E-state index >= 15 is 0 Å². The quantitative estimate of drug-likeness (QED) is 0.825. The molecule has 1 N–H and O–H groups in total. The molecule has 0 unspecified atom stereocenters. The van der Waals surface area contributed by atoms with Crippen LogP contribution in [0.2, 0.25) is 0 Å². The Labute approximate surface area is 93.5 Å². The lowest BCUT2D eigenvalue weighted by Gasteiger charge is -2.34. The first-order chi connectivity index (χ1) is 7.67. The first-order valence-corrected chi connectivity index (χ1v) is 5.58. The van der Waals surface area contributed by atoms with Gasteiger partial charge < -0.3 is 5.11 Å². The minimum absolute atomic E-state index is 0.230. The molecule has 2 rings (SSSR count). The maximum Gasteiger partial charge on any atom is 0.329 e. The molecular weight excluding hydrogens is 206 g/mol. The Balaban J connectivity index is 2.51. The summed E-state index contributed by atoms with van der Waals surface area (Å²) >= 11 is 0. The molecule has 1 aliphatic carbocycles. The third-order valence-corrected chi connectivity index (χ3v) is 3.36. The van der Waals surface area contributed by atoms with Crippen LogP contribution in [0.25, 0.3) is 0 Å². The maximum atomic E-state index is 11.7. The van der Waals surface area contributed by atoms with E-state index in [1.165, 1.54) is 10.6 Å². The van der Waals surface area contributed by atoms with Crippen LogP contribution in [0.4, 0.5) is 0 Å². The molecule has 0 bridgehead atoms. The zero-order valence-corrected chi connectivity index (χ0v) is 9.06. The molecular formula is C12H15NO3. The molecule has 1 fully saturated rings. The number of carbonyl (C=O) groups is 1. The van der Waals surface area contributed by atoms with E-state index in [1.54, 1.807) is 18.3 Å². The van der Waals surface area contributed by atoms with E-state index < -0.39 is 11.5 Å². The summed E-state index contributed by atoms with van der Waals surface area (Å²) in [6.07, 6.45) is 5.47. The van der Waals surface area contributed by atoms with Crippen LogP contribution in [0.5, 0.6) is 0 Å². The minimum atomic E-state index is -1.02. The second-order valence-corrected chi connectivity index (χ2v) is 4.31. The van der Waals surface area contributed by atoms with Gasteiger partial charge in [-0.25, -0.2) is 4.79 Å². The van der Waals surface area contributed by atoms with Gasteiger partial charge in [0.2, 0.25) is 0 Å². The summed E-state index contributed by atoms with van der Waals surface area (Å²) in [7, 11) is 0. The molecule has 1 heterocycles. The van der Waals surface area contributed by atoms with Gasteiger partial charge in [0.05, 0.1) is 0 Å². The Morgan fingerprint density at radius 3 is 2.50 bits per heavy atom. The first kappa shape index (κ1) is 10.9. The molecule has 4 nitrogen and oxygen atoms in total. The summed E-state index contributed by atoms with van der Waals surface area (Å²) in [5, 5.41) is 9.41. The molecule has 1 aliphatic rings. The predicted molar refractivity (Wildman–Crippen MR) is 59.4 cm³/mol. The smallest absolute Gasteiger partial charge is 0.329 e. The number of rotatable bonds is 2. The highest BCUT2D eigenvalue weighted by molar-refractivity contribution is 5.76. The molecule has 4 heteroatoms. The Kier molecular flexibility index (Phi) is 2.81. The standard InChI is InChI=1S/C12H15NO3/c14-10-6-2-5-9-13(10)12(11(15)16)7-3-1-4-8-12/h2,5-6,9H,1,3-4,7-8H2,(H,15,16). The van der Waals surface area contributed by atoms with Gasteiger partial charge in [0, 0.05) is 12.3 Å². The van der Waals surface area contributed by atoms with Gasteiger partial charge in [0.15, 0.2) is 0 Å². The molecule has 0 aliphatic heterocycles. The Bertz CT molecular complexity index is 444. The van der Waals surface area contributed by atoms with Crippen molar-refractivity contribution >= 4 is 5.97 Å². The summed E-state index contributed by atoms with van der Waals surface area (Å²) in [6.45, 7) is 0. The van der Waals surface area contributed by atoms with E-state index in [4.69, 9.17) is 0 Å². The van der Waals surface area contributed by atoms with Crippen molar-refractivity contribution in [3.8, 4) is 0 Å². The number of pyridine rings is 1. The van der Waals surface area contributed by atoms with Crippen molar-refractivity contribution in [1.82, 2.24) is 4.57 Å². The van der Waals surface area contributed by atoms with Crippen LogP contribution in [0, 0.1) is 0 Å². The molecule has 1 saturated carbocycles. The van der Waals surface area contributed by atoms with E-state index in [1.807, 2.05) is 0 Å². The van der Waals surface area contributed by atoms with Crippen molar-refractivity contribution in [2.45, 2.75) is 37.6 Å². The zero-order chi connectivity index (χ0) is 11.6. The predicted octanol–water partition coefficient (Wildman–Crippen LogP) is 1.59. The van der Waals surface area contributed by atoms with Crippen LogP contribution in [0.15, 0.2) is 29.2 Å². The average molecular weight is 221 g/mol. The Hall–Kier alpha value is -1.58. The van der Waals surface area contributed by atoms with E-state index in [9.17, 15) is 14.7 Å². The van der Waals surface area contributed by atoms with Gasteiger partial charge in [0.1, 0.15) is 5.54 Å². The lowest BCUT2D eigenvalue weighted by molar-refractivity contribution is -0.149. The number of hydrogen-bond acceptors (Lipinski definition) is 2. The molecule has 86 valence electrons. The number of carboxylic acids is 1. The molecule has 0 radical (unpaired) electrons. The first-order valence-electron chi connectivity index (χ1n) is 5.58. The number of aliphatic carboxylic acids is 1. The fourth-order valence-corrected chi connectivity index (χ4v) is 2.48. The summed E-state index contributed by atoms with van der Waals surface area (Å²) < 4.78 is 1.38. The van der Waals surface area contributed by atoms with Gasteiger partial charge in [-0.3, -0.25) is 9.36 Å². The molecule has 16 heavy (non-hydrogen) atoms. The van der Waals surface area contributed by atoms with E-state index in [0.29, 0.717) is 12.8 Å². The van der Waals surface area contributed by atoms with Crippen molar-refractivity contribution in [2.24, 2.45) is 0 Å². The van der Waals surface area contributed by atoms with Crippen LogP contribution < -0.4 is 5.56 Å². The normalized spacial score (nSPS) is 19.2. The zero-order valence-electron chi connectivity index (χ0n) is 9.06. The van der Waals surface area contributed by atoms with Gasteiger partial charge in [-0.1, -0.05) is 25.3 Å². The molecule has 1 aromatic heterocycles. The van der Waals surface area contributed by atoms with Crippen molar-refractivity contribution in [3.05, 3.63) is 34.7 Å². The third-order valence-electron chi connectivity index (χ3n) is 3.36. The molecule has 0 amide bonds. The highest BCUT2D eigenvalue weighted by Crippen LogP contribution is 2.34.